The fourth-order valence-corrected chi connectivity index (χ4v) is 3.02. The molecule has 2 rings (SSSR count). The van der Waals surface area contributed by atoms with E-state index in [4.69, 9.17) is 17.3 Å². The molecule has 1 aromatic rings. The average Bonchev–Trinajstić information content (AvgIpc) is 2.50. The van der Waals surface area contributed by atoms with Crippen molar-refractivity contribution in [2.45, 2.75) is 31.2 Å². The maximum atomic E-state index is 6.00. The number of rotatable bonds is 1. The predicted molar refractivity (Wildman–Crippen MR) is 63.7 cm³/mol. The molecule has 0 bridgehead atoms. The minimum absolute atomic E-state index is 0.373. The lowest BCUT2D eigenvalue weighted by atomic mass is 9.98. The molecule has 1 aliphatic carbocycles. The topological polar surface area (TPSA) is 26.0 Å². The molecular formula is C11H13BrClN. The third-order valence-corrected chi connectivity index (χ3v) is 3.51. The lowest BCUT2D eigenvalue weighted by molar-refractivity contribution is 0.674. The summed E-state index contributed by atoms with van der Waals surface area (Å²) in [5, 5.41) is 0.801. The highest BCUT2D eigenvalue weighted by Crippen LogP contribution is 2.35. The summed E-state index contributed by atoms with van der Waals surface area (Å²) >= 11 is 9.46. The van der Waals surface area contributed by atoms with Gasteiger partial charge in [0.1, 0.15) is 0 Å². The predicted octanol–water partition coefficient (Wildman–Crippen LogP) is 3.70. The highest BCUT2D eigenvalue weighted by atomic mass is 79.9. The largest absolute Gasteiger partial charge is 0.328 e. The second-order valence-corrected chi connectivity index (χ2v) is 5.32. The Labute approximate surface area is 97.8 Å². The van der Waals surface area contributed by atoms with Crippen molar-refractivity contribution in [3.05, 3.63) is 33.3 Å². The number of halogens is 2. The molecule has 1 nitrogen and oxygen atoms in total. The lowest BCUT2D eigenvalue weighted by Gasteiger charge is -2.10. The van der Waals surface area contributed by atoms with E-state index in [-0.39, 0.29) is 0 Å². The molecule has 0 aromatic heterocycles. The first-order valence-electron chi connectivity index (χ1n) is 4.87. The van der Waals surface area contributed by atoms with Crippen LogP contribution < -0.4 is 5.73 Å². The van der Waals surface area contributed by atoms with Crippen LogP contribution in [0.1, 0.15) is 30.7 Å². The Morgan fingerprint density at radius 1 is 1.29 bits per heavy atom. The third-order valence-electron chi connectivity index (χ3n) is 2.83. The summed E-state index contributed by atoms with van der Waals surface area (Å²) in [7, 11) is 0. The summed E-state index contributed by atoms with van der Waals surface area (Å²) in [5.41, 5.74) is 7.21. The molecule has 0 radical (unpaired) electrons. The van der Waals surface area contributed by atoms with Crippen molar-refractivity contribution in [3.8, 4) is 0 Å². The summed E-state index contributed by atoms with van der Waals surface area (Å²) in [6.45, 7) is 0. The van der Waals surface area contributed by atoms with Gasteiger partial charge in [-0.05, 0) is 48.9 Å². The fourth-order valence-electron chi connectivity index (χ4n) is 2.13. The summed E-state index contributed by atoms with van der Waals surface area (Å²) in [6.07, 6.45) is 3.41. The van der Waals surface area contributed by atoms with E-state index in [0.717, 1.165) is 22.3 Å². The minimum atomic E-state index is 0.373. The molecule has 0 saturated heterocycles. The van der Waals surface area contributed by atoms with Crippen molar-refractivity contribution in [2.75, 3.05) is 0 Å². The van der Waals surface area contributed by atoms with Crippen molar-refractivity contribution in [2.24, 2.45) is 5.73 Å². The Bertz CT molecular complexity index is 320. The fraction of sp³-hybridized carbons (Fsp3) is 0.455. The molecule has 76 valence electrons. The van der Waals surface area contributed by atoms with Crippen LogP contribution >= 0.6 is 27.5 Å². The van der Waals surface area contributed by atoms with Gasteiger partial charge in [0.2, 0.25) is 0 Å². The first kappa shape index (κ1) is 10.5. The molecular weight excluding hydrogens is 261 g/mol. The molecule has 2 atom stereocenters. The monoisotopic (exact) mass is 273 g/mol. The average molecular weight is 275 g/mol. The summed E-state index contributed by atoms with van der Waals surface area (Å²) < 4.78 is 1.06. The van der Waals surface area contributed by atoms with Gasteiger partial charge in [-0.15, -0.1) is 0 Å². The van der Waals surface area contributed by atoms with Crippen molar-refractivity contribution >= 4 is 27.5 Å². The molecule has 1 fully saturated rings. The summed E-state index contributed by atoms with van der Waals surface area (Å²) in [5.74, 6) is 0.597. The van der Waals surface area contributed by atoms with Crippen LogP contribution in [-0.2, 0) is 0 Å². The van der Waals surface area contributed by atoms with Gasteiger partial charge in [-0.3, -0.25) is 0 Å². The highest BCUT2D eigenvalue weighted by Gasteiger charge is 2.23. The molecule has 1 saturated carbocycles. The Morgan fingerprint density at radius 3 is 2.64 bits per heavy atom. The smallest absolute Gasteiger partial charge is 0.0420 e. The van der Waals surface area contributed by atoms with E-state index < -0.39 is 0 Å². The number of hydrogen-bond donors (Lipinski definition) is 1. The molecule has 14 heavy (non-hydrogen) atoms. The van der Waals surface area contributed by atoms with Crippen LogP contribution in [0.4, 0.5) is 0 Å². The minimum Gasteiger partial charge on any atom is -0.328 e. The number of nitrogens with two attached hydrogens (primary N) is 1. The van der Waals surface area contributed by atoms with E-state index in [1.54, 1.807) is 0 Å². The second-order valence-electron chi connectivity index (χ2n) is 3.97. The lowest BCUT2D eigenvalue weighted by Crippen LogP contribution is -2.14. The maximum absolute atomic E-state index is 6.00. The van der Waals surface area contributed by atoms with Gasteiger partial charge < -0.3 is 5.73 Å². The normalized spacial score (nSPS) is 26.8. The van der Waals surface area contributed by atoms with Gasteiger partial charge in [-0.2, -0.15) is 0 Å². The zero-order valence-electron chi connectivity index (χ0n) is 7.84. The van der Waals surface area contributed by atoms with Gasteiger partial charge in [0.05, 0.1) is 0 Å². The van der Waals surface area contributed by atoms with E-state index in [1.807, 2.05) is 6.07 Å². The zero-order valence-corrected chi connectivity index (χ0v) is 10.2. The van der Waals surface area contributed by atoms with Gasteiger partial charge >= 0.3 is 0 Å². The van der Waals surface area contributed by atoms with Gasteiger partial charge in [-0.1, -0.05) is 27.5 Å². The van der Waals surface area contributed by atoms with E-state index in [0.29, 0.717) is 12.0 Å². The van der Waals surface area contributed by atoms with Crippen LogP contribution in [0.25, 0.3) is 0 Å². The van der Waals surface area contributed by atoms with Gasteiger partial charge in [0.25, 0.3) is 0 Å². The van der Waals surface area contributed by atoms with Gasteiger partial charge in [0.15, 0.2) is 0 Å². The molecule has 0 aliphatic heterocycles. The molecule has 1 aliphatic rings. The second kappa shape index (κ2) is 4.21. The Kier molecular flexibility index (Phi) is 3.15. The van der Waals surface area contributed by atoms with E-state index in [9.17, 15) is 0 Å². The van der Waals surface area contributed by atoms with E-state index >= 15 is 0 Å². The van der Waals surface area contributed by atoms with Crippen LogP contribution in [0.2, 0.25) is 5.02 Å². The van der Waals surface area contributed by atoms with E-state index in [2.05, 4.69) is 28.1 Å². The third kappa shape index (κ3) is 2.30. The SMILES string of the molecule is NC1CCC(c2cc(Cl)cc(Br)c2)C1. The van der Waals surface area contributed by atoms with Crippen molar-refractivity contribution in [1.82, 2.24) is 0 Å². The first-order chi connectivity index (χ1) is 6.65. The van der Waals surface area contributed by atoms with Crippen molar-refractivity contribution in [1.29, 1.82) is 0 Å². The molecule has 0 amide bonds. The number of benzene rings is 1. The molecule has 2 N–H and O–H groups in total. The quantitative estimate of drug-likeness (QED) is 0.830. The summed E-state index contributed by atoms with van der Waals surface area (Å²) in [4.78, 5) is 0. The Hall–Kier alpha value is -0.0500. The first-order valence-corrected chi connectivity index (χ1v) is 6.04. The molecule has 2 unspecified atom stereocenters. The van der Waals surface area contributed by atoms with Crippen LogP contribution in [0, 0.1) is 0 Å². The standard InChI is InChI=1S/C11H13BrClN/c12-9-3-8(4-10(13)6-9)7-1-2-11(14)5-7/h3-4,6-7,11H,1-2,5,14H2. The van der Waals surface area contributed by atoms with Crippen LogP contribution in [0.15, 0.2) is 22.7 Å². The molecule has 3 heteroatoms. The summed E-state index contributed by atoms with van der Waals surface area (Å²) in [6, 6.07) is 6.49. The van der Waals surface area contributed by atoms with Crippen LogP contribution in [0.3, 0.4) is 0 Å². The zero-order chi connectivity index (χ0) is 10.1. The molecule has 1 aromatic carbocycles. The Balaban J connectivity index is 2.23. The van der Waals surface area contributed by atoms with Crippen LogP contribution in [0.5, 0.6) is 0 Å². The van der Waals surface area contributed by atoms with Crippen molar-refractivity contribution < 1.29 is 0 Å². The van der Waals surface area contributed by atoms with E-state index in [1.165, 1.54) is 12.0 Å². The Morgan fingerprint density at radius 2 is 2.07 bits per heavy atom. The molecule has 0 spiro atoms. The van der Waals surface area contributed by atoms with Gasteiger partial charge in [-0.25, -0.2) is 0 Å². The molecule has 0 heterocycles. The maximum Gasteiger partial charge on any atom is 0.0420 e. The van der Waals surface area contributed by atoms with Crippen molar-refractivity contribution in [3.63, 3.8) is 0 Å². The van der Waals surface area contributed by atoms with Gasteiger partial charge in [0, 0.05) is 15.5 Å². The number of hydrogen-bond acceptors (Lipinski definition) is 1. The van der Waals surface area contributed by atoms with Crippen LogP contribution in [-0.4, -0.2) is 6.04 Å². The highest BCUT2D eigenvalue weighted by molar-refractivity contribution is 9.10.